The zero-order chi connectivity index (χ0) is 28.1. The van der Waals surface area contributed by atoms with E-state index in [0.29, 0.717) is 11.8 Å². The van der Waals surface area contributed by atoms with Crippen LogP contribution in [0.2, 0.25) is 51.4 Å². The Morgan fingerprint density at radius 1 is 0.475 bits per heavy atom. The van der Waals surface area contributed by atoms with Crippen molar-refractivity contribution in [3.8, 4) is 0 Å². The zero-order valence-electron chi connectivity index (χ0n) is 25.6. The topological polar surface area (TPSA) is 0 Å². The molecule has 4 unspecified atom stereocenters. The van der Waals surface area contributed by atoms with E-state index in [1.54, 1.807) is 38.8 Å². The van der Waals surface area contributed by atoms with Crippen LogP contribution in [0.3, 0.4) is 0 Å². The Kier molecular flexibility index (Phi) is 7.46. The van der Waals surface area contributed by atoms with Gasteiger partial charge in [0.25, 0.3) is 0 Å². The van der Waals surface area contributed by atoms with E-state index < -0.39 is 16.1 Å². The molecule has 0 aromatic heterocycles. The Labute approximate surface area is 245 Å². The Morgan fingerprint density at radius 2 is 0.850 bits per heavy atom. The highest BCUT2D eigenvalue weighted by molar-refractivity contribution is 6.76. The molecule has 0 aliphatic heterocycles. The fraction of sp³-hybridized carbons (Fsp3) is 0.421. The van der Waals surface area contributed by atoms with Crippen LogP contribution >= 0.6 is 0 Å². The summed E-state index contributed by atoms with van der Waals surface area (Å²) >= 11 is 0. The minimum absolute atomic E-state index is 0.629. The van der Waals surface area contributed by atoms with Crippen molar-refractivity contribution < 1.29 is 0 Å². The molecule has 40 heavy (non-hydrogen) atoms. The highest BCUT2D eigenvalue weighted by Crippen LogP contribution is 2.49. The maximum absolute atomic E-state index is 2.54. The number of fused-ring (bicyclic) bond motifs is 3. The molecule has 0 amide bonds. The van der Waals surface area contributed by atoms with Gasteiger partial charge in [-0.1, -0.05) is 136 Å². The summed E-state index contributed by atoms with van der Waals surface area (Å²) in [7, 11) is -2.27. The molecular formula is C38H48Si2. The molecule has 0 radical (unpaired) electrons. The first kappa shape index (κ1) is 27.7. The molecule has 0 saturated heterocycles. The normalized spacial score (nSPS) is 22.4. The average molecular weight is 561 g/mol. The molecule has 0 fully saturated rings. The van der Waals surface area contributed by atoms with E-state index >= 15 is 0 Å². The maximum Gasteiger partial charge on any atom is 0.0448 e. The first-order valence-electron chi connectivity index (χ1n) is 15.7. The van der Waals surface area contributed by atoms with E-state index in [9.17, 15) is 0 Å². The summed E-state index contributed by atoms with van der Waals surface area (Å²) in [6.07, 6.45) is 4.95. The summed E-state index contributed by atoms with van der Waals surface area (Å²) < 4.78 is 0. The van der Waals surface area contributed by atoms with Gasteiger partial charge in [-0.05, 0) is 93.5 Å². The van der Waals surface area contributed by atoms with E-state index in [4.69, 9.17) is 0 Å². The molecule has 0 nitrogen and oxygen atoms in total. The van der Waals surface area contributed by atoms with Gasteiger partial charge in [0, 0.05) is 16.1 Å². The fourth-order valence-electron chi connectivity index (χ4n) is 8.33. The van der Waals surface area contributed by atoms with E-state index in [1.807, 2.05) is 0 Å². The van der Waals surface area contributed by atoms with Gasteiger partial charge in [-0.25, -0.2) is 0 Å². The summed E-state index contributed by atoms with van der Waals surface area (Å²) in [6, 6.07) is 35.8. The fourth-order valence-corrected chi connectivity index (χ4v) is 12.1. The number of benzene rings is 4. The molecule has 2 aliphatic rings. The molecule has 2 heteroatoms. The molecule has 208 valence electrons. The maximum atomic E-state index is 2.54. The predicted molar refractivity (Wildman–Crippen MR) is 181 cm³/mol. The second-order valence-electron chi connectivity index (χ2n) is 15.4. The third-order valence-corrected chi connectivity index (χ3v) is 13.1. The van der Waals surface area contributed by atoms with Crippen LogP contribution < -0.4 is 0 Å². The van der Waals surface area contributed by atoms with E-state index in [2.05, 4.69) is 124 Å². The molecule has 0 saturated carbocycles. The van der Waals surface area contributed by atoms with E-state index in [1.165, 1.54) is 30.3 Å². The van der Waals surface area contributed by atoms with Gasteiger partial charge in [0.15, 0.2) is 0 Å². The van der Waals surface area contributed by atoms with Crippen LogP contribution in [-0.4, -0.2) is 16.1 Å². The second-order valence-corrected chi connectivity index (χ2v) is 26.4. The van der Waals surface area contributed by atoms with Crippen molar-refractivity contribution in [1.82, 2.24) is 0 Å². The van der Waals surface area contributed by atoms with Crippen LogP contribution in [0.15, 0.2) is 84.9 Å². The molecule has 6 rings (SSSR count). The van der Waals surface area contributed by atoms with Crippen LogP contribution in [0.1, 0.15) is 69.9 Å². The Hall–Kier alpha value is -2.43. The van der Waals surface area contributed by atoms with Crippen molar-refractivity contribution in [3.05, 3.63) is 118 Å². The summed E-state index contributed by atoms with van der Waals surface area (Å²) in [5.74, 6) is 2.73. The van der Waals surface area contributed by atoms with Crippen molar-refractivity contribution in [2.75, 3.05) is 0 Å². The van der Waals surface area contributed by atoms with Crippen LogP contribution in [0.25, 0.3) is 10.8 Å². The van der Waals surface area contributed by atoms with Crippen molar-refractivity contribution in [2.45, 2.75) is 101 Å². The van der Waals surface area contributed by atoms with Crippen LogP contribution in [0.4, 0.5) is 0 Å². The van der Waals surface area contributed by atoms with Gasteiger partial charge in [0.1, 0.15) is 0 Å². The van der Waals surface area contributed by atoms with Gasteiger partial charge in [-0.2, -0.15) is 0 Å². The van der Waals surface area contributed by atoms with E-state index in [0.717, 1.165) is 24.7 Å². The van der Waals surface area contributed by atoms with Crippen LogP contribution in [0.5, 0.6) is 0 Å². The highest BCUT2D eigenvalue weighted by Gasteiger charge is 2.35. The minimum atomic E-state index is -1.13. The lowest BCUT2D eigenvalue weighted by atomic mass is 9.86. The van der Waals surface area contributed by atoms with Gasteiger partial charge in [-0.3, -0.25) is 0 Å². The lowest BCUT2D eigenvalue weighted by Crippen LogP contribution is -2.22. The minimum Gasteiger partial charge on any atom is -0.0695 e. The largest absolute Gasteiger partial charge is 0.0695 e. The lowest BCUT2D eigenvalue weighted by Gasteiger charge is -2.22. The molecule has 0 spiro atoms. The van der Waals surface area contributed by atoms with Gasteiger partial charge in [-0.15, -0.1) is 0 Å². The molecule has 2 aliphatic carbocycles. The third-order valence-electron chi connectivity index (χ3n) is 9.62. The number of rotatable bonds is 8. The van der Waals surface area contributed by atoms with Crippen molar-refractivity contribution in [1.29, 1.82) is 0 Å². The molecule has 0 N–H and O–H groups in total. The standard InChI is InChI=1S/C38H48Si2/c1-39(2,3)25-32-23-30(34-17-7-9-19-36(32)34)21-28-15-11-13-27-14-12-16-29(38(27)28)22-31-24-33(26-40(4,5)6)37-20-10-8-18-35(31)37/h7-20,30-33H,21-26H2,1-6H3. The summed E-state index contributed by atoms with van der Waals surface area (Å²) in [6.45, 7) is 15.2. The first-order chi connectivity index (χ1) is 19.1. The molecule has 0 bridgehead atoms. The Balaban J connectivity index is 1.32. The number of hydrogen-bond acceptors (Lipinski definition) is 0. The SMILES string of the molecule is C[Si](C)(C)CC1CC(Cc2cccc3cccc(CC4CC(C[Si](C)(C)C)c5ccccc54)c23)c2ccccc21. The highest BCUT2D eigenvalue weighted by atomic mass is 28.3. The molecule has 0 heterocycles. The summed E-state index contributed by atoms with van der Waals surface area (Å²) in [5, 5.41) is 2.96. The average Bonchev–Trinajstić information content (AvgIpc) is 3.40. The molecular weight excluding hydrogens is 513 g/mol. The van der Waals surface area contributed by atoms with Gasteiger partial charge in [0.2, 0.25) is 0 Å². The van der Waals surface area contributed by atoms with Crippen molar-refractivity contribution >= 4 is 26.9 Å². The zero-order valence-corrected chi connectivity index (χ0v) is 27.6. The first-order valence-corrected chi connectivity index (χ1v) is 23.1. The van der Waals surface area contributed by atoms with Crippen molar-refractivity contribution in [3.63, 3.8) is 0 Å². The van der Waals surface area contributed by atoms with Crippen LogP contribution in [-0.2, 0) is 12.8 Å². The Bertz CT molecular complexity index is 1390. The summed E-state index contributed by atoms with van der Waals surface area (Å²) in [5.41, 5.74) is 9.66. The molecule has 4 atom stereocenters. The predicted octanol–water partition coefficient (Wildman–Crippen LogP) is 11.1. The second kappa shape index (κ2) is 10.8. The quantitative estimate of drug-likeness (QED) is 0.188. The molecule has 4 aromatic carbocycles. The molecule has 4 aromatic rings. The third kappa shape index (κ3) is 5.81. The smallest absolute Gasteiger partial charge is 0.0448 e. The van der Waals surface area contributed by atoms with Gasteiger partial charge < -0.3 is 0 Å². The van der Waals surface area contributed by atoms with E-state index in [-0.39, 0.29) is 0 Å². The summed E-state index contributed by atoms with van der Waals surface area (Å²) in [4.78, 5) is 0. The Morgan fingerprint density at radius 3 is 1.23 bits per heavy atom. The number of hydrogen-bond donors (Lipinski definition) is 0. The van der Waals surface area contributed by atoms with Crippen molar-refractivity contribution in [2.24, 2.45) is 0 Å². The van der Waals surface area contributed by atoms with Crippen LogP contribution in [0, 0.1) is 0 Å². The van der Waals surface area contributed by atoms with Gasteiger partial charge >= 0.3 is 0 Å². The lowest BCUT2D eigenvalue weighted by molar-refractivity contribution is 0.609. The monoisotopic (exact) mass is 560 g/mol. The van der Waals surface area contributed by atoms with Gasteiger partial charge in [0.05, 0.1) is 0 Å².